The second-order valence-electron chi connectivity index (χ2n) is 8.03. The fourth-order valence-corrected chi connectivity index (χ4v) is 5.10. The van der Waals surface area contributed by atoms with Crippen LogP contribution >= 0.6 is 0 Å². The Morgan fingerprint density at radius 1 is 0.853 bits per heavy atom. The van der Waals surface area contributed by atoms with Crippen molar-refractivity contribution in [1.29, 1.82) is 0 Å². The van der Waals surface area contributed by atoms with Crippen LogP contribution < -0.4 is 10.0 Å². The van der Waals surface area contributed by atoms with Gasteiger partial charge in [0.1, 0.15) is 6.04 Å². The van der Waals surface area contributed by atoms with Crippen LogP contribution in [-0.2, 0) is 21.2 Å². The molecule has 8 heteroatoms. The van der Waals surface area contributed by atoms with Gasteiger partial charge in [-0.25, -0.2) is 8.42 Å². The number of carbonyl (C=O) groups is 1. The molecule has 1 amide bonds. The van der Waals surface area contributed by atoms with Crippen molar-refractivity contribution < 1.29 is 13.2 Å². The van der Waals surface area contributed by atoms with E-state index in [2.05, 4.69) is 20.2 Å². The van der Waals surface area contributed by atoms with E-state index in [0.29, 0.717) is 5.69 Å². The second kappa shape index (κ2) is 9.09. The second-order valence-corrected chi connectivity index (χ2v) is 9.75. The minimum absolute atomic E-state index is 0.107. The fraction of sp³-hybridized carbons (Fsp3) is 0.0769. The Hall–Kier alpha value is -4.01. The van der Waals surface area contributed by atoms with Crippen LogP contribution in [0.3, 0.4) is 0 Å². The number of hydrogen-bond donors (Lipinski definition) is 3. The Bertz CT molecular complexity index is 1580. The summed E-state index contributed by atoms with van der Waals surface area (Å²) in [6, 6.07) is 26.1. The predicted octanol–water partition coefficient (Wildman–Crippen LogP) is 4.24. The average molecular weight is 471 g/mol. The van der Waals surface area contributed by atoms with Crippen LogP contribution in [0.2, 0.25) is 0 Å². The monoisotopic (exact) mass is 470 g/mol. The maximum absolute atomic E-state index is 13.3. The molecule has 0 radical (unpaired) electrons. The number of sulfonamides is 1. The first kappa shape index (κ1) is 21.8. The maximum Gasteiger partial charge on any atom is 0.242 e. The molecule has 0 aliphatic heterocycles. The Balaban J connectivity index is 1.43. The lowest BCUT2D eigenvalue weighted by atomic mass is 10.1. The first-order chi connectivity index (χ1) is 16.5. The minimum Gasteiger partial charge on any atom is -0.325 e. The van der Waals surface area contributed by atoms with E-state index >= 15 is 0 Å². The van der Waals surface area contributed by atoms with Crippen molar-refractivity contribution in [3.8, 4) is 0 Å². The highest BCUT2D eigenvalue weighted by atomic mass is 32.2. The van der Waals surface area contributed by atoms with Crippen LogP contribution in [-0.4, -0.2) is 30.6 Å². The summed E-state index contributed by atoms with van der Waals surface area (Å²) in [7, 11) is -3.96. The molecule has 5 aromatic rings. The molecule has 1 atom stereocenters. The highest BCUT2D eigenvalue weighted by Crippen LogP contribution is 2.21. The highest BCUT2D eigenvalue weighted by Gasteiger charge is 2.26. The molecule has 3 N–H and O–H groups in total. The molecule has 5 rings (SSSR count). The summed E-state index contributed by atoms with van der Waals surface area (Å²) in [5.41, 5.74) is 2.16. The summed E-state index contributed by atoms with van der Waals surface area (Å²) in [5.74, 6) is -0.452. The van der Waals surface area contributed by atoms with Gasteiger partial charge in [0.15, 0.2) is 0 Å². The number of aromatic nitrogens is 2. The van der Waals surface area contributed by atoms with Gasteiger partial charge in [-0.1, -0.05) is 60.7 Å². The molecule has 1 aromatic heterocycles. The average Bonchev–Trinajstić information content (AvgIpc) is 3.32. The molecular weight excluding hydrogens is 448 g/mol. The Morgan fingerprint density at radius 3 is 2.41 bits per heavy atom. The van der Waals surface area contributed by atoms with Crippen LogP contribution in [0, 0.1) is 0 Å². The molecule has 0 aliphatic rings. The smallest absolute Gasteiger partial charge is 0.242 e. The summed E-state index contributed by atoms with van der Waals surface area (Å²) < 4.78 is 29.2. The van der Waals surface area contributed by atoms with Gasteiger partial charge in [0, 0.05) is 11.1 Å². The third kappa shape index (κ3) is 4.68. The molecular formula is C26H22N4O3S. The van der Waals surface area contributed by atoms with Crippen molar-refractivity contribution in [2.24, 2.45) is 0 Å². The normalized spacial score (nSPS) is 12.6. The molecule has 0 aliphatic carbocycles. The largest absolute Gasteiger partial charge is 0.325 e. The van der Waals surface area contributed by atoms with Gasteiger partial charge in [-0.3, -0.25) is 9.89 Å². The van der Waals surface area contributed by atoms with E-state index in [4.69, 9.17) is 0 Å². The molecule has 0 spiro atoms. The fourth-order valence-electron chi connectivity index (χ4n) is 3.87. The molecule has 0 unspecified atom stereocenters. The molecule has 7 nitrogen and oxygen atoms in total. The number of anilines is 1. The summed E-state index contributed by atoms with van der Waals surface area (Å²) in [6.07, 6.45) is 1.89. The molecule has 34 heavy (non-hydrogen) atoms. The number of carbonyl (C=O) groups excluding carboxylic acids is 1. The van der Waals surface area contributed by atoms with Crippen molar-refractivity contribution in [3.63, 3.8) is 0 Å². The third-order valence-electron chi connectivity index (χ3n) is 5.64. The van der Waals surface area contributed by atoms with Gasteiger partial charge < -0.3 is 5.32 Å². The van der Waals surface area contributed by atoms with Crippen LogP contribution in [0.4, 0.5) is 5.69 Å². The quantitative estimate of drug-likeness (QED) is 0.331. The number of nitrogens with zero attached hydrogens (tertiary/aromatic N) is 1. The van der Waals surface area contributed by atoms with Gasteiger partial charge in [-0.15, -0.1) is 0 Å². The summed E-state index contributed by atoms with van der Waals surface area (Å²) >= 11 is 0. The number of amides is 1. The van der Waals surface area contributed by atoms with Gasteiger partial charge in [0.05, 0.1) is 16.6 Å². The number of rotatable bonds is 7. The van der Waals surface area contributed by atoms with E-state index in [1.165, 1.54) is 0 Å². The zero-order valence-corrected chi connectivity index (χ0v) is 18.9. The van der Waals surface area contributed by atoms with Crippen molar-refractivity contribution in [3.05, 3.63) is 103 Å². The van der Waals surface area contributed by atoms with Gasteiger partial charge in [0.25, 0.3) is 0 Å². The third-order valence-corrected chi connectivity index (χ3v) is 7.11. The lowest BCUT2D eigenvalue weighted by Gasteiger charge is -2.19. The van der Waals surface area contributed by atoms with Gasteiger partial charge in [-0.05, 0) is 53.1 Å². The number of hydrogen-bond acceptors (Lipinski definition) is 4. The Morgan fingerprint density at radius 2 is 1.59 bits per heavy atom. The van der Waals surface area contributed by atoms with E-state index in [1.54, 1.807) is 36.5 Å². The van der Waals surface area contributed by atoms with Crippen LogP contribution in [0.1, 0.15) is 5.56 Å². The molecule has 1 heterocycles. The summed E-state index contributed by atoms with van der Waals surface area (Å²) in [4.78, 5) is 13.4. The van der Waals surface area contributed by atoms with Gasteiger partial charge >= 0.3 is 0 Å². The lowest BCUT2D eigenvalue weighted by Crippen LogP contribution is -2.45. The topological polar surface area (TPSA) is 104 Å². The predicted molar refractivity (Wildman–Crippen MR) is 133 cm³/mol. The van der Waals surface area contributed by atoms with E-state index in [0.717, 1.165) is 27.2 Å². The number of nitrogens with one attached hydrogen (secondary N) is 3. The van der Waals surface area contributed by atoms with Crippen LogP contribution in [0.15, 0.2) is 102 Å². The highest BCUT2D eigenvalue weighted by molar-refractivity contribution is 7.89. The molecule has 4 aromatic carbocycles. The molecule has 0 fully saturated rings. The number of H-pyrrole nitrogens is 1. The first-order valence-electron chi connectivity index (χ1n) is 10.8. The van der Waals surface area contributed by atoms with Gasteiger partial charge in [0.2, 0.25) is 15.9 Å². The zero-order valence-electron chi connectivity index (χ0n) is 18.1. The van der Waals surface area contributed by atoms with Crippen molar-refractivity contribution >= 4 is 43.3 Å². The van der Waals surface area contributed by atoms with Crippen LogP contribution in [0.5, 0.6) is 0 Å². The molecule has 0 saturated heterocycles. The number of aromatic amines is 1. The lowest BCUT2D eigenvalue weighted by molar-refractivity contribution is -0.117. The molecule has 170 valence electrons. The van der Waals surface area contributed by atoms with E-state index in [1.807, 2.05) is 60.7 Å². The molecule has 0 bridgehead atoms. The van der Waals surface area contributed by atoms with E-state index < -0.39 is 22.0 Å². The Kier molecular flexibility index (Phi) is 5.83. The first-order valence-corrected chi connectivity index (χ1v) is 12.3. The number of fused-ring (bicyclic) bond motifs is 2. The van der Waals surface area contributed by atoms with Crippen molar-refractivity contribution in [2.45, 2.75) is 17.4 Å². The van der Waals surface area contributed by atoms with Crippen LogP contribution in [0.25, 0.3) is 21.7 Å². The van der Waals surface area contributed by atoms with Crippen molar-refractivity contribution in [2.75, 3.05) is 5.32 Å². The van der Waals surface area contributed by atoms with E-state index in [9.17, 15) is 13.2 Å². The van der Waals surface area contributed by atoms with Gasteiger partial charge in [-0.2, -0.15) is 9.82 Å². The Labute approximate surface area is 196 Å². The molecule has 0 saturated carbocycles. The number of benzene rings is 4. The SMILES string of the molecule is O=C(Nc1ccc2cn[nH]c2c1)[C@@H](Cc1ccccc1)NS(=O)(=O)c1ccc2ccccc2c1. The summed E-state index contributed by atoms with van der Waals surface area (Å²) in [5, 5.41) is 12.3. The standard InChI is InChI=1S/C26H22N4O3S/c31-26(28-22-12-10-21-17-27-29-24(21)16-22)25(14-18-6-2-1-3-7-18)30-34(32,33)23-13-11-19-8-4-5-9-20(19)15-23/h1-13,15-17,25,30H,14H2,(H,27,29)(H,28,31)/t25-/m1/s1. The zero-order chi connectivity index (χ0) is 23.5. The van der Waals surface area contributed by atoms with Crippen molar-refractivity contribution in [1.82, 2.24) is 14.9 Å². The minimum atomic E-state index is -3.96. The summed E-state index contributed by atoms with van der Waals surface area (Å²) in [6.45, 7) is 0. The maximum atomic E-state index is 13.3. The van der Waals surface area contributed by atoms with E-state index in [-0.39, 0.29) is 11.3 Å².